The molecule has 0 radical (unpaired) electrons. The number of Topliss-reactive ketones (excluding diaryl/α,β-unsaturated/α-hetero) is 1. The third-order valence-corrected chi connectivity index (χ3v) is 4.36. The predicted molar refractivity (Wildman–Crippen MR) is 90.5 cm³/mol. The lowest BCUT2D eigenvalue weighted by molar-refractivity contribution is -0.114. The number of amides is 1. The number of rotatable bonds is 9. The van der Waals surface area contributed by atoms with Gasteiger partial charge in [-0.25, -0.2) is 0 Å². The third-order valence-electron chi connectivity index (χ3n) is 4.36. The summed E-state index contributed by atoms with van der Waals surface area (Å²) in [6.45, 7) is 4.84. The summed E-state index contributed by atoms with van der Waals surface area (Å²) in [4.78, 5) is 25.8. The van der Waals surface area contributed by atoms with Crippen LogP contribution in [0.1, 0.15) is 74.2 Å². The lowest BCUT2D eigenvalue weighted by Gasteiger charge is -2.16. The van der Waals surface area contributed by atoms with Crippen LogP contribution in [0.4, 0.5) is 5.69 Å². The van der Waals surface area contributed by atoms with Gasteiger partial charge in [-0.15, -0.1) is 0 Å². The summed E-state index contributed by atoms with van der Waals surface area (Å²) < 4.78 is 0. The van der Waals surface area contributed by atoms with E-state index in [4.69, 9.17) is 0 Å². The lowest BCUT2D eigenvalue weighted by atomic mass is 10.1. The second kappa shape index (κ2) is 8.11. The molecule has 120 valence electrons. The van der Waals surface area contributed by atoms with Gasteiger partial charge in [-0.3, -0.25) is 9.59 Å². The maximum absolute atomic E-state index is 12.1. The van der Waals surface area contributed by atoms with Gasteiger partial charge in [0.1, 0.15) is 0 Å². The molecule has 0 atom stereocenters. The largest absolute Gasteiger partial charge is 0.305 e. The zero-order valence-electron chi connectivity index (χ0n) is 13.9. The molecule has 2 rings (SSSR count). The first-order valence-electron chi connectivity index (χ1n) is 8.62. The van der Waals surface area contributed by atoms with Crippen molar-refractivity contribution >= 4 is 17.4 Å². The summed E-state index contributed by atoms with van der Waals surface area (Å²) in [5, 5.41) is 0. The van der Waals surface area contributed by atoms with Gasteiger partial charge < -0.3 is 4.90 Å². The number of carbonyl (C=O) groups excluding carboxylic acids is 2. The summed E-state index contributed by atoms with van der Waals surface area (Å²) in [5.41, 5.74) is 2.39. The van der Waals surface area contributed by atoms with E-state index in [9.17, 15) is 9.59 Å². The average molecular weight is 301 g/mol. The van der Waals surface area contributed by atoms with Crippen molar-refractivity contribution in [3.8, 4) is 0 Å². The highest BCUT2D eigenvalue weighted by Crippen LogP contribution is 2.30. The van der Waals surface area contributed by atoms with Crippen molar-refractivity contribution in [2.24, 2.45) is 0 Å². The van der Waals surface area contributed by atoms with Crippen LogP contribution < -0.4 is 4.90 Å². The van der Waals surface area contributed by atoms with Gasteiger partial charge in [0.2, 0.25) is 0 Å². The van der Waals surface area contributed by atoms with Crippen LogP contribution in [0.5, 0.6) is 0 Å². The highest BCUT2D eigenvalue weighted by molar-refractivity contribution is 6.52. The Hall–Kier alpha value is -1.64. The van der Waals surface area contributed by atoms with Crippen LogP contribution >= 0.6 is 0 Å². The minimum atomic E-state index is -0.358. The average Bonchev–Trinajstić information content (AvgIpc) is 2.74. The molecule has 0 bridgehead atoms. The molecular weight excluding hydrogens is 274 g/mol. The van der Waals surface area contributed by atoms with E-state index in [2.05, 4.69) is 6.92 Å². The van der Waals surface area contributed by atoms with E-state index in [0.29, 0.717) is 12.1 Å². The molecule has 1 aromatic carbocycles. The zero-order valence-corrected chi connectivity index (χ0v) is 13.9. The Morgan fingerprint density at radius 2 is 1.55 bits per heavy atom. The maximum atomic E-state index is 12.1. The van der Waals surface area contributed by atoms with E-state index in [1.54, 1.807) is 4.90 Å². The molecule has 0 saturated carbocycles. The van der Waals surface area contributed by atoms with Gasteiger partial charge in [-0.2, -0.15) is 0 Å². The van der Waals surface area contributed by atoms with Crippen LogP contribution in [0.3, 0.4) is 0 Å². The van der Waals surface area contributed by atoms with Gasteiger partial charge in [-0.05, 0) is 25.5 Å². The molecule has 1 aromatic rings. The fourth-order valence-electron chi connectivity index (χ4n) is 3.04. The van der Waals surface area contributed by atoms with E-state index < -0.39 is 0 Å². The molecule has 1 heterocycles. The molecular formula is C19H27NO2. The Balaban J connectivity index is 1.77. The van der Waals surface area contributed by atoms with Gasteiger partial charge in [0.05, 0.1) is 11.3 Å². The second-order valence-electron chi connectivity index (χ2n) is 6.28. The fourth-order valence-corrected chi connectivity index (χ4v) is 3.04. The summed E-state index contributed by atoms with van der Waals surface area (Å²) in [7, 11) is 0. The first kappa shape index (κ1) is 16.7. The van der Waals surface area contributed by atoms with Crippen LogP contribution in [0, 0.1) is 6.92 Å². The molecule has 0 fully saturated rings. The van der Waals surface area contributed by atoms with Crippen LogP contribution in [-0.2, 0) is 4.79 Å². The number of carbonyl (C=O) groups is 2. The Morgan fingerprint density at radius 3 is 2.23 bits per heavy atom. The van der Waals surface area contributed by atoms with E-state index in [1.807, 2.05) is 25.1 Å². The van der Waals surface area contributed by atoms with Gasteiger partial charge in [-0.1, -0.05) is 63.5 Å². The number of unbranched alkanes of at least 4 members (excludes halogenated alkanes) is 7. The van der Waals surface area contributed by atoms with Gasteiger partial charge in [0, 0.05) is 6.54 Å². The Morgan fingerprint density at radius 1 is 0.909 bits per heavy atom. The highest BCUT2D eigenvalue weighted by Gasteiger charge is 2.35. The summed E-state index contributed by atoms with van der Waals surface area (Å²) >= 11 is 0. The summed E-state index contributed by atoms with van der Waals surface area (Å²) in [6, 6.07) is 5.69. The number of benzene rings is 1. The van der Waals surface area contributed by atoms with Crippen molar-refractivity contribution in [2.45, 2.75) is 65.2 Å². The monoisotopic (exact) mass is 301 g/mol. The summed E-state index contributed by atoms with van der Waals surface area (Å²) in [6.07, 6.45) is 9.87. The van der Waals surface area contributed by atoms with Crippen LogP contribution in [-0.4, -0.2) is 18.2 Å². The van der Waals surface area contributed by atoms with E-state index in [1.165, 1.54) is 38.5 Å². The van der Waals surface area contributed by atoms with Crippen molar-refractivity contribution in [3.63, 3.8) is 0 Å². The molecule has 3 heteroatoms. The number of hydrogen-bond donors (Lipinski definition) is 0. The van der Waals surface area contributed by atoms with Crippen molar-refractivity contribution in [1.82, 2.24) is 0 Å². The number of fused-ring (bicyclic) bond motifs is 1. The summed E-state index contributed by atoms with van der Waals surface area (Å²) in [5.74, 6) is -0.707. The Labute approximate surface area is 133 Å². The molecule has 0 unspecified atom stereocenters. The van der Waals surface area contributed by atoms with Crippen molar-refractivity contribution in [3.05, 3.63) is 29.3 Å². The number of ketones is 1. The zero-order chi connectivity index (χ0) is 15.9. The molecule has 0 spiro atoms. The standard InChI is InChI=1S/C19H27NO2/c1-3-4-5-6-7-8-9-10-13-20-17-12-11-15(2)14-16(17)18(21)19(20)22/h11-12,14H,3-10,13H2,1-2H3. The fraction of sp³-hybridized carbons (Fsp3) is 0.579. The normalized spacial score (nSPS) is 13.8. The first-order chi connectivity index (χ1) is 10.6. The molecule has 0 aliphatic carbocycles. The molecule has 1 amide bonds. The molecule has 0 saturated heterocycles. The quantitative estimate of drug-likeness (QED) is 0.491. The first-order valence-corrected chi connectivity index (χ1v) is 8.62. The second-order valence-corrected chi connectivity index (χ2v) is 6.28. The van der Waals surface area contributed by atoms with E-state index in [-0.39, 0.29) is 11.7 Å². The highest BCUT2D eigenvalue weighted by atomic mass is 16.2. The molecule has 3 nitrogen and oxygen atoms in total. The third kappa shape index (κ3) is 3.96. The Kier molecular flexibility index (Phi) is 6.17. The SMILES string of the molecule is CCCCCCCCCCN1C(=O)C(=O)c2cc(C)ccc21. The minimum absolute atomic E-state index is 0.349. The van der Waals surface area contributed by atoms with Gasteiger partial charge >= 0.3 is 0 Å². The van der Waals surface area contributed by atoms with Crippen molar-refractivity contribution in [1.29, 1.82) is 0 Å². The molecule has 22 heavy (non-hydrogen) atoms. The lowest BCUT2D eigenvalue weighted by Crippen LogP contribution is -2.30. The van der Waals surface area contributed by atoms with Crippen LogP contribution in [0.15, 0.2) is 18.2 Å². The smallest absolute Gasteiger partial charge is 0.299 e. The molecule has 0 N–H and O–H groups in total. The van der Waals surface area contributed by atoms with Crippen LogP contribution in [0.2, 0.25) is 0 Å². The molecule has 1 aliphatic rings. The van der Waals surface area contributed by atoms with E-state index >= 15 is 0 Å². The number of hydrogen-bond acceptors (Lipinski definition) is 2. The molecule has 0 aromatic heterocycles. The number of nitrogens with zero attached hydrogens (tertiary/aromatic N) is 1. The van der Waals surface area contributed by atoms with Gasteiger partial charge in [0.25, 0.3) is 11.7 Å². The minimum Gasteiger partial charge on any atom is -0.305 e. The Bertz CT molecular complexity index is 536. The van der Waals surface area contributed by atoms with Gasteiger partial charge in [0.15, 0.2) is 0 Å². The topological polar surface area (TPSA) is 37.4 Å². The van der Waals surface area contributed by atoms with Crippen LogP contribution in [0.25, 0.3) is 0 Å². The predicted octanol–water partition coefficient (Wildman–Crippen LogP) is 4.67. The number of anilines is 1. The van der Waals surface area contributed by atoms with Crippen molar-refractivity contribution in [2.75, 3.05) is 11.4 Å². The van der Waals surface area contributed by atoms with E-state index in [0.717, 1.165) is 24.1 Å². The molecule has 1 aliphatic heterocycles. The number of aryl methyl sites for hydroxylation is 1. The van der Waals surface area contributed by atoms with Crippen molar-refractivity contribution < 1.29 is 9.59 Å². The maximum Gasteiger partial charge on any atom is 0.299 e.